The van der Waals surface area contributed by atoms with Gasteiger partial charge >= 0.3 is 0 Å². The van der Waals surface area contributed by atoms with Gasteiger partial charge in [-0.1, -0.05) is 18.2 Å². The van der Waals surface area contributed by atoms with Crippen molar-refractivity contribution in [3.63, 3.8) is 0 Å². The highest BCUT2D eigenvalue weighted by molar-refractivity contribution is 7.99. The van der Waals surface area contributed by atoms with Gasteiger partial charge in [-0.25, -0.2) is 0 Å². The molecule has 122 valence electrons. The number of amides is 1. The number of benzene rings is 1. The van der Waals surface area contributed by atoms with Crippen LogP contribution in [-0.2, 0) is 4.79 Å². The van der Waals surface area contributed by atoms with Crippen LogP contribution >= 0.6 is 11.8 Å². The molecule has 1 aliphatic rings. The van der Waals surface area contributed by atoms with Crippen molar-refractivity contribution in [1.29, 1.82) is 0 Å². The molecule has 1 amide bonds. The summed E-state index contributed by atoms with van der Waals surface area (Å²) in [4.78, 5) is 20.1. The zero-order valence-corrected chi connectivity index (χ0v) is 14.7. The zero-order valence-electron chi connectivity index (χ0n) is 13.9. The van der Waals surface area contributed by atoms with Crippen LogP contribution in [0.25, 0.3) is 0 Å². The van der Waals surface area contributed by atoms with Crippen molar-refractivity contribution in [2.45, 2.75) is 17.4 Å². The third kappa shape index (κ3) is 5.30. The van der Waals surface area contributed by atoms with E-state index in [9.17, 15) is 4.79 Å². The Morgan fingerprint density at radius 2 is 2.00 bits per heavy atom. The number of hydrogen-bond donors (Lipinski definition) is 0. The minimum Gasteiger partial charge on any atom is -0.345 e. The summed E-state index contributed by atoms with van der Waals surface area (Å²) in [6.45, 7) is 3.91. The van der Waals surface area contributed by atoms with Crippen LogP contribution in [0.3, 0.4) is 0 Å². The first-order valence-electron chi connectivity index (χ1n) is 7.87. The summed E-state index contributed by atoms with van der Waals surface area (Å²) < 4.78 is 0. The van der Waals surface area contributed by atoms with Crippen LogP contribution in [0.4, 0.5) is 0 Å². The topological polar surface area (TPSA) is 26.8 Å². The van der Waals surface area contributed by atoms with Crippen LogP contribution in [0.2, 0.25) is 0 Å². The molecule has 0 bridgehead atoms. The summed E-state index contributed by atoms with van der Waals surface area (Å²) in [5.74, 6) is 1.19. The van der Waals surface area contributed by atoms with Gasteiger partial charge in [-0.15, -0.1) is 11.8 Å². The first-order valence-corrected chi connectivity index (χ1v) is 8.85. The predicted molar refractivity (Wildman–Crippen MR) is 93.3 cm³/mol. The quantitative estimate of drug-likeness (QED) is 0.748. The van der Waals surface area contributed by atoms with Crippen LogP contribution in [0, 0.1) is 0 Å². The van der Waals surface area contributed by atoms with Crippen molar-refractivity contribution in [2.75, 3.05) is 53.1 Å². The molecule has 2 rings (SSSR count). The number of carbonyl (C=O) groups is 1. The van der Waals surface area contributed by atoms with Gasteiger partial charge in [0.2, 0.25) is 5.91 Å². The molecule has 22 heavy (non-hydrogen) atoms. The average molecular weight is 321 g/mol. The SMILES string of the molecule is CN1CCN(C)C(CC(=O)N(C)CCSc2ccccc2)C1. The fourth-order valence-electron chi connectivity index (χ4n) is 2.62. The van der Waals surface area contributed by atoms with E-state index in [1.54, 1.807) is 11.8 Å². The molecule has 5 heteroatoms. The number of piperazine rings is 1. The Morgan fingerprint density at radius 1 is 1.27 bits per heavy atom. The fourth-order valence-corrected chi connectivity index (χ4v) is 3.57. The maximum Gasteiger partial charge on any atom is 0.223 e. The van der Waals surface area contributed by atoms with Crippen LogP contribution < -0.4 is 0 Å². The molecule has 1 aromatic carbocycles. The van der Waals surface area contributed by atoms with Gasteiger partial charge in [0.05, 0.1) is 0 Å². The smallest absolute Gasteiger partial charge is 0.223 e. The third-order valence-electron chi connectivity index (χ3n) is 4.25. The highest BCUT2D eigenvalue weighted by Crippen LogP contribution is 2.17. The lowest BCUT2D eigenvalue weighted by molar-refractivity contribution is -0.131. The molecule has 1 fully saturated rings. The maximum absolute atomic E-state index is 12.4. The summed E-state index contributed by atoms with van der Waals surface area (Å²) in [5, 5.41) is 0. The number of carbonyl (C=O) groups excluding carboxylic acids is 1. The Hall–Kier alpha value is -1.04. The number of nitrogens with zero attached hydrogens (tertiary/aromatic N) is 3. The molecule has 0 radical (unpaired) electrons. The minimum absolute atomic E-state index is 0.251. The second kappa shape index (κ2) is 8.56. The van der Waals surface area contributed by atoms with Gasteiger partial charge in [-0.3, -0.25) is 4.79 Å². The molecule has 0 saturated carbocycles. The van der Waals surface area contributed by atoms with Crippen molar-refractivity contribution >= 4 is 17.7 Å². The zero-order chi connectivity index (χ0) is 15.9. The van der Waals surface area contributed by atoms with E-state index >= 15 is 0 Å². The average Bonchev–Trinajstić information content (AvgIpc) is 2.52. The van der Waals surface area contributed by atoms with Gasteiger partial charge in [0.1, 0.15) is 0 Å². The van der Waals surface area contributed by atoms with E-state index in [2.05, 4.69) is 36.0 Å². The monoisotopic (exact) mass is 321 g/mol. The highest BCUT2D eigenvalue weighted by atomic mass is 32.2. The molecule has 0 N–H and O–H groups in total. The normalized spacial score (nSPS) is 20.0. The first kappa shape index (κ1) is 17.3. The predicted octanol–water partition coefficient (Wildman–Crippen LogP) is 1.87. The fraction of sp³-hybridized carbons (Fsp3) is 0.588. The molecule has 0 aromatic heterocycles. The Balaban J connectivity index is 1.72. The van der Waals surface area contributed by atoms with Crippen molar-refractivity contribution in [3.05, 3.63) is 30.3 Å². The number of hydrogen-bond acceptors (Lipinski definition) is 4. The van der Waals surface area contributed by atoms with Crippen LogP contribution in [-0.4, -0.2) is 79.7 Å². The van der Waals surface area contributed by atoms with Gasteiger partial charge in [0.25, 0.3) is 0 Å². The van der Waals surface area contributed by atoms with Gasteiger partial charge in [-0.2, -0.15) is 0 Å². The maximum atomic E-state index is 12.4. The molecular weight excluding hydrogens is 294 g/mol. The molecule has 1 aromatic rings. The molecule has 1 atom stereocenters. The standard InChI is InChI=1S/C17H27N3OS/c1-18-9-10-19(2)15(14-18)13-17(21)20(3)11-12-22-16-7-5-4-6-8-16/h4-8,15H,9-14H2,1-3H3. The van der Waals surface area contributed by atoms with Gasteiger partial charge in [0, 0.05) is 56.3 Å². The number of thioether (sulfide) groups is 1. The number of likely N-dealkylation sites (N-methyl/N-ethyl adjacent to an activating group) is 2. The minimum atomic E-state index is 0.251. The van der Waals surface area contributed by atoms with E-state index in [0.29, 0.717) is 12.5 Å². The van der Waals surface area contributed by atoms with Crippen molar-refractivity contribution < 1.29 is 4.79 Å². The van der Waals surface area contributed by atoms with Crippen LogP contribution in [0.15, 0.2) is 35.2 Å². The summed E-state index contributed by atoms with van der Waals surface area (Å²) in [6, 6.07) is 10.7. The first-order chi connectivity index (χ1) is 10.6. The lowest BCUT2D eigenvalue weighted by Crippen LogP contribution is -2.51. The summed E-state index contributed by atoms with van der Waals surface area (Å²) in [5.41, 5.74) is 0. The van der Waals surface area contributed by atoms with E-state index in [1.807, 2.05) is 30.1 Å². The lowest BCUT2D eigenvalue weighted by Gasteiger charge is -2.38. The van der Waals surface area contributed by atoms with E-state index in [0.717, 1.165) is 31.9 Å². The summed E-state index contributed by atoms with van der Waals surface area (Å²) >= 11 is 1.80. The van der Waals surface area contributed by atoms with Crippen LogP contribution in [0.5, 0.6) is 0 Å². The van der Waals surface area contributed by atoms with Crippen molar-refractivity contribution in [3.8, 4) is 0 Å². The van der Waals surface area contributed by atoms with E-state index in [-0.39, 0.29) is 5.91 Å². The Labute approximate surface area is 138 Å². The summed E-state index contributed by atoms with van der Waals surface area (Å²) in [7, 11) is 6.17. The van der Waals surface area contributed by atoms with Gasteiger partial charge in [-0.05, 0) is 26.2 Å². The van der Waals surface area contributed by atoms with Crippen molar-refractivity contribution in [1.82, 2.24) is 14.7 Å². The van der Waals surface area contributed by atoms with Crippen LogP contribution in [0.1, 0.15) is 6.42 Å². The largest absolute Gasteiger partial charge is 0.345 e. The molecular formula is C17H27N3OS. The third-order valence-corrected chi connectivity index (χ3v) is 5.25. The molecule has 1 heterocycles. The van der Waals surface area contributed by atoms with Gasteiger partial charge < -0.3 is 14.7 Å². The Bertz CT molecular complexity index is 468. The Morgan fingerprint density at radius 3 is 2.73 bits per heavy atom. The van der Waals surface area contributed by atoms with Gasteiger partial charge in [0.15, 0.2) is 0 Å². The summed E-state index contributed by atoms with van der Waals surface area (Å²) in [6.07, 6.45) is 0.618. The molecule has 1 aliphatic heterocycles. The lowest BCUT2D eigenvalue weighted by atomic mass is 10.1. The molecule has 1 unspecified atom stereocenters. The van der Waals surface area contributed by atoms with Crippen molar-refractivity contribution in [2.24, 2.45) is 0 Å². The molecule has 0 aliphatic carbocycles. The molecule has 0 spiro atoms. The number of rotatable bonds is 6. The Kier molecular flexibility index (Phi) is 6.73. The second-order valence-corrected chi connectivity index (χ2v) is 7.25. The molecule has 4 nitrogen and oxygen atoms in total. The highest BCUT2D eigenvalue weighted by Gasteiger charge is 2.25. The van der Waals surface area contributed by atoms with E-state index in [1.165, 1.54) is 4.90 Å². The van der Waals surface area contributed by atoms with E-state index in [4.69, 9.17) is 0 Å². The second-order valence-electron chi connectivity index (χ2n) is 6.08. The van der Waals surface area contributed by atoms with E-state index < -0.39 is 0 Å². The molecule has 1 saturated heterocycles.